The number of primary amides is 1. The zero-order chi connectivity index (χ0) is 43.9. The molecule has 0 rings (SSSR count). The van der Waals surface area contributed by atoms with Crippen molar-refractivity contribution >= 4 is 41.4 Å². The number of carbonyl (C=O) groups is 7. The van der Waals surface area contributed by atoms with Crippen LogP contribution in [0.3, 0.4) is 0 Å². The van der Waals surface area contributed by atoms with E-state index >= 15 is 0 Å². The van der Waals surface area contributed by atoms with Gasteiger partial charge in [-0.1, -0.05) is 39.0 Å². The van der Waals surface area contributed by atoms with Crippen LogP contribution in [0.5, 0.6) is 0 Å². The van der Waals surface area contributed by atoms with Gasteiger partial charge in [-0.25, -0.2) is 0 Å². The maximum atomic E-state index is 13.4. The Balaban J connectivity index is 4.58. The van der Waals surface area contributed by atoms with Crippen molar-refractivity contribution in [2.75, 3.05) is 39.3 Å². The third-order valence-corrected chi connectivity index (χ3v) is 10.00. The molecule has 0 aromatic carbocycles. The first-order valence-corrected chi connectivity index (χ1v) is 22.6. The van der Waals surface area contributed by atoms with Crippen LogP contribution in [0.2, 0.25) is 0 Å². The summed E-state index contributed by atoms with van der Waals surface area (Å²) in [6.45, 7) is 5.03. The fourth-order valence-electron chi connectivity index (χ4n) is 6.37. The van der Waals surface area contributed by atoms with Crippen LogP contribution in [0.15, 0.2) is 0 Å². The summed E-state index contributed by atoms with van der Waals surface area (Å²) in [6, 6.07) is -2.25. The van der Waals surface area contributed by atoms with Crippen LogP contribution in [0, 0.1) is 0 Å². The molecule has 0 fully saturated rings. The maximum Gasteiger partial charge on any atom is 0.243 e. The maximum absolute atomic E-state index is 13.4. The Morgan fingerprint density at radius 1 is 0.390 bits per heavy atom. The second-order valence-corrected chi connectivity index (χ2v) is 15.4. The van der Waals surface area contributed by atoms with Gasteiger partial charge >= 0.3 is 0 Å². The smallest absolute Gasteiger partial charge is 0.243 e. The minimum absolute atomic E-state index is 0.0529. The molecular formula is C42H82N10O7. The molecule has 0 aliphatic heterocycles. The van der Waals surface area contributed by atoms with Gasteiger partial charge in [-0.2, -0.15) is 0 Å². The van der Waals surface area contributed by atoms with E-state index in [0.717, 1.165) is 57.8 Å². The van der Waals surface area contributed by atoms with Crippen molar-refractivity contribution in [3.05, 3.63) is 0 Å². The molecule has 0 saturated heterocycles. The third kappa shape index (κ3) is 32.7. The summed E-state index contributed by atoms with van der Waals surface area (Å²) in [7, 11) is 0. The highest BCUT2D eigenvalue weighted by atomic mass is 16.2. The van der Waals surface area contributed by atoms with Crippen LogP contribution in [0.25, 0.3) is 0 Å². The van der Waals surface area contributed by atoms with E-state index in [0.29, 0.717) is 129 Å². The Morgan fingerprint density at radius 3 is 1.19 bits per heavy atom. The zero-order valence-electron chi connectivity index (χ0n) is 36.3. The first-order chi connectivity index (χ1) is 28.5. The van der Waals surface area contributed by atoms with Crippen molar-refractivity contribution in [1.29, 1.82) is 0 Å². The van der Waals surface area contributed by atoms with E-state index in [-0.39, 0.29) is 42.4 Å². The van der Waals surface area contributed by atoms with E-state index < -0.39 is 29.9 Å². The molecule has 342 valence electrons. The molecule has 0 radical (unpaired) electrons. The van der Waals surface area contributed by atoms with Crippen molar-refractivity contribution in [3.63, 3.8) is 0 Å². The molecule has 0 spiro atoms. The summed E-state index contributed by atoms with van der Waals surface area (Å²) in [6.07, 6.45) is 16.2. The Kier molecular flexibility index (Phi) is 35.9. The van der Waals surface area contributed by atoms with Crippen molar-refractivity contribution in [1.82, 2.24) is 31.9 Å². The predicted molar refractivity (Wildman–Crippen MR) is 232 cm³/mol. The predicted octanol–water partition coefficient (Wildman–Crippen LogP) is 1.92. The number of amides is 7. The molecule has 0 saturated carbocycles. The van der Waals surface area contributed by atoms with Crippen LogP contribution < -0.4 is 54.8 Å². The molecule has 0 aliphatic rings. The molecular weight excluding hydrogens is 757 g/mol. The van der Waals surface area contributed by atoms with E-state index in [9.17, 15) is 33.6 Å². The Bertz CT molecular complexity index is 1180. The number of hydrogen-bond donors (Lipinski definition) is 10. The SMILES string of the molecule is CCCCCC(=O)NCCCCCC(=O)NC(CCCCN)C(=O)NC(CCCCN)C(=O)NCCCCCC(=O)NCCCCCC(=O)NC(CCCCN)C(N)=O. The molecule has 7 amide bonds. The highest BCUT2D eigenvalue weighted by Gasteiger charge is 2.26. The van der Waals surface area contributed by atoms with Gasteiger partial charge in [0.2, 0.25) is 41.4 Å². The average Bonchev–Trinajstić information content (AvgIpc) is 3.20. The van der Waals surface area contributed by atoms with Gasteiger partial charge in [0.05, 0.1) is 0 Å². The fraction of sp³-hybridized carbons (Fsp3) is 0.833. The molecule has 17 nitrogen and oxygen atoms in total. The van der Waals surface area contributed by atoms with Gasteiger partial charge in [-0.05, 0) is 122 Å². The van der Waals surface area contributed by atoms with E-state index in [1.807, 2.05) is 0 Å². The van der Waals surface area contributed by atoms with Crippen LogP contribution in [0.4, 0.5) is 0 Å². The number of carbonyl (C=O) groups excluding carboxylic acids is 7. The normalized spacial score (nSPS) is 12.5. The molecule has 0 aliphatic carbocycles. The minimum Gasteiger partial charge on any atom is -0.368 e. The molecule has 14 N–H and O–H groups in total. The number of rotatable bonds is 40. The molecule has 0 heterocycles. The molecule has 0 bridgehead atoms. The van der Waals surface area contributed by atoms with Gasteiger partial charge in [0.25, 0.3) is 0 Å². The average molecular weight is 839 g/mol. The number of unbranched alkanes of at least 4 members (excludes halogenated alkanes) is 11. The third-order valence-electron chi connectivity index (χ3n) is 10.00. The Morgan fingerprint density at radius 2 is 0.763 bits per heavy atom. The van der Waals surface area contributed by atoms with Crippen molar-refractivity contribution in [2.45, 2.75) is 186 Å². The van der Waals surface area contributed by atoms with Gasteiger partial charge in [0.1, 0.15) is 18.1 Å². The van der Waals surface area contributed by atoms with Crippen molar-refractivity contribution < 1.29 is 33.6 Å². The van der Waals surface area contributed by atoms with E-state index in [1.54, 1.807) is 0 Å². The Hall–Kier alpha value is -3.83. The highest BCUT2D eigenvalue weighted by Crippen LogP contribution is 2.09. The van der Waals surface area contributed by atoms with Crippen LogP contribution >= 0.6 is 0 Å². The van der Waals surface area contributed by atoms with Crippen LogP contribution in [-0.4, -0.2) is 98.7 Å². The summed E-state index contributed by atoms with van der Waals surface area (Å²) in [5.74, 6) is -1.70. The van der Waals surface area contributed by atoms with E-state index in [2.05, 4.69) is 38.8 Å². The topological polar surface area (TPSA) is 296 Å². The van der Waals surface area contributed by atoms with Gasteiger partial charge in [-0.15, -0.1) is 0 Å². The molecule has 0 aromatic rings. The van der Waals surface area contributed by atoms with Crippen LogP contribution in [0.1, 0.15) is 167 Å². The summed E-state index contributed by atoms with van der Waals surface area (Å²) in [4.78, 5) is 87.4. The summed E-state index contributed by atoms with van der Waals surface area (Å²) in [5.41, 5.74) is 22.2. The van der Waals surface area contributed by atoms with Crippen molar-refractivity contribution in [3.8, 4) is 0 Å². The first-order valence-electron chi connectivity index (χ1n) is 22.6. The number of hydrogen-bond acceptors (Lipinski definition) is 10. The molecule has 59 heavy (non-hydrogen) atoms. The second kappa shape index (κ2) is 38.4. The van der Waals surface area contributed by atoms with Crippen LogP contribution in [-0.2, 0) is 33.6 Å². The lowest BCUT2D eigenvalue weighted by molar-refractivity contribution is -0.132. The van der Waals surface area contributed by atoms with Gasteiger partial charge in [-0.3, -0.25) is 33.6 Å². The summed E-state index contributed by atoms with van der Waals surface area (Å²) in [5, 5.41) is 17.2. The molecule has 0 aromatic heterocycles. The Labute approximate surface area is 353 Å². The van der Waals surface area contributed by atoms with E-state index in [1.165, 1.54) is 0 Å². The van der Waals surface area contributed by atoms with Gasteiger partial charge in [0, 0.05) is 45.3 Å². The largest absolute Gasteiger partial charge is 0.368 e. The quantitative estimate of drug-likeness (QED) is 0.0400. The number of nitrogens with two attached hydrogens (primary N) is 4. The molecule has 17 heteroatoms. The second-order valence-electron chi connectivity index (χ2n) is 15.4. The summed E-state index contributed by atoms with van der Waals surface area (Å²) < 4.78 is 0. The van der Waals surface area contributed by atoms with Crippen molar-refractivity contribution in [2.24, 2.45) is 22.9 Å². The lowest BCUT2D eigenvalue weighted by Gasteiger charge is -2.23. The first kappa shape index (κ1) is 55.2. The fourth-order valence-corrected chi connectivity index (χ4v) is 6.37. The monoisotopic (exact) mass is 839 g/mol. The summed E-state index contributed by atoms with van der Waals surface area (Å²) >= 11 is 0. The van der Waals surface area contributed by atoms with E-state index in [4.69, 9.17) is 22.9 Å². The molecule has 3 unspecified atom stereocenters. The minimum atomic E-state index is -0.793. The highest BCUT2D eigenvalue weighted by molar-refractivity contribution is 5.92. The zero-order valence-corrected chi connectivity index (χ0v) is 36.3. The standard InChI is InChI=1S/C42H82N10O7/c1-2-3-7-23-36(53)47-30-18-6-10-26-39(56)51-35(22-13-16-29-45)42(59)52-34(21-12-15-28-44)41(58)49-32-19-4-8-24-37(54)48-31-17-5-9-25-38(55)50-33(40(46)57)20-11-14-27-43/h33-35H,2-32,43-45H2,1H3,(H2,46,57)(H,47,53)(H,48,54)(H,49,58)(H,50,55)(H,51,56)(H,52,59). The lowest BCUT2D eigenvalue weighted by Crippen LogP contribution is -2.53. The molecule has 3 atom stereocenters. The number of nitrogens with one attached hydrogen (secondary N) is 6. The van der Waals surface area contributed by atoms with Gasteiger partial charge < -0.3 is 54.8 Å². The van der Waals surface area contributed by atoms with Gasteiger partial charge in [0.15, 0.2) is 0 Å². The lowest BCUT2D eigenvalue weighted by atomic mass is 10.0.